The highest BCUT2D eigenvalue weighted by atomic mass is 16.2. The van der Waals surface area contributed by atoms with E-state index < -0.39 is 47.3 Å². The molecule has 2 saturated heterocycles. The molecule has 4 unspecified atom stereocenters. The zero-order chi connectivity index (χ0) is 22.0. The van der Waals surface area contributed by atoms with E-state index in [1.165, 1.54) is 7.05 Å². The lowest BCUT2D eigenvalue weighted by Crippen LogP contribution is -2.50. The first kappa shape index (κ1) is 19.2. The summed E-state index contributed by atoms with van der Waals surface area (Å²) in [5, 5.41) is 2.77. The predicted octanol–water partition coefficient (Wildman–Crippen LogP) is 1.60. The Kier molecular flexibility index (Phi) is 4.08. The minimum atomic E-state index is -0.778. The van der Waals surface area contributed by atoms with Crippen LogP contribution in [0.25, 0.3) is 0 Å². The van der Waals surface area contributed by atoms with Gasteiger partial charge in [-0.05, 0) is 43.3 Å². The summed E-state index contributed by atoms with van der Waals surface area (Å²) in [4.78, 5) is 64.8. The number of carbonyl (C=O) groups excluding carboxylic acids is 5. The Morgan fingerprint density at radius 1 is 0.742 bits per heavy atom. The standard InChI is InChI=1S/C23H19N3O5/c1-11-3-5-12(6-4-11)19(27)24-13-7-9-14(10-8-13)26-22(30)17-15-16(18(17)23(26)31)21(29)25(2)20(15)28/h3-10,15-18H,1-2H3,(H,24,27). The Hall–Kier alpha value is -3.81. The maximum atomic E-state index is 12.9. The molecule has 4 atom stereocenters. The molecule has 31 heavy (non-hydrogen) atoms. The number of aryl methyl sites for hydroxylation is 1. The first-order chi connectivity index (χ1) is 14.8. The number of fused-ring (bicyclic) bond motifs is 4. The van der Waals surface area contributed by atoms with Gasteiger partial charge in [0.15, 0.2) is 0 Å². The Morgan fingerprint density at radius 3 is 1.74 bits per heavy atom. The molecule has 0 bridgehead atoms. The number of amides is 5. The molecule has 3 fully saturated rings. The topological polar surface area (TPSA) is 104 Å². The van der Waals surface area contributed by atoms with Crippen LogP contribution in [-0.4, -0.2) is 41.5 Å². The van der Waals surface area contributed by atoms with Crippen molar-refractivity contribution in [3.63, 3.8) is 0 Å². The lowest BCUT2D eigenvalue weighted by molar-refractivity contribution is -0.146. The quantitative estimate of drug-likeness (QED) is 0.764. The number of likely N-dealkylation sites (tertiary alicyclic amines) is 1. The van der Waals surface area contributed by atoms with Gasteiger partial charge in [-0.2, -0.15) is 0 Å². The largest absolute Gasteiger partial charge is 0.322 e. The molecule has 2 aromatic rings. The van der Waals surface area contributed by atoms with Gasteiger partial charge in [-0.25, -0.2) is 0 Å². The summed E-state index contributed by atoms with van der Waals surface area (Å²) in [6.07, 6.45) is 0. The lowest BCUT2D eigenvalue weighted by Gasteiger charge is -2.36. The van der Waals surface area contributed by atoms with Crippen LogP contribution in [0.15, 0.2) is 48.5 Å². The molecule has 156 valence electrons. The lowest BCUT2D eigenvalue weighted by atomic mass is 9.59. The van der Waals surface area contributed by atoms with Gasteiger partial charge < -0.3 is 5.32 Å². The van der Waals surface area contributed by atoms with E-state index in [0.29, 0.717) is 16.9 Å². The third-order valence-electron chi connectivity index (χ3n) is 6.49. The van der Waals surface area contributed by atoms with Gasteiger partial charge in [-0.1, -0.05) is 17.7 Å². The van der Waals surface area contributed by atoms with Crippen molar-refractivity contribution in [2.24, 2.45) is 23.7 Å². The fourth-order valence-corrected chi connectivity index (χ4v) is 4.80. The van der Waals surface area contributed by atoms with Crippen molar-refractivity contribution in [2.75, 3.05) is 17.3 Å². The van der Waals surface area contributed by atoms with Crippen LogP contribution in [0.4, 0.5) is 11.4 Å². The summed E-state index contributed by atoms with van der Waals surface area (Å²) in [6.45, 7) is 1.94. The van der Waals surface area contributed by atoms with Gasteiger partial charge >= 0.3 is 0 Å². The highest BCUT2D eigenvalue weighted by Crippen LogP contribution is 2.56. The fourth-order valence-electron chi connectivity index (χ4n) is 4.80. The van der Waals surface area contributed by atoms with Crippen molar-refractivity contribution < 1.29 is 24.0 Å². The molecule has 1 aliphatic carbocycles. The molecule has 2 aliphatic heterocycles. The Labute approximate surface area is 177 Å². The molecule has 5 rings (SSSR count). The van der Waals surface area contributed by atoms with E-state index in [1.54, 1.807) is 36.4 Å². The normalized spacial score (nSPS) is 26.6. The van der Waals surface area contributed by atoms with Crippen LogP contribution in [0.2, 0.25) is 0 Å². The number of nitrogens with one attached hydrogen (secondary N) is 1. The van der Waals surface area contributed by atoms with Crippen molar-refractivity contribution >= 4 is 40.9 Å². The van der Waals surface area contributed by atoms with Gasteiger partial charge in [0.2, 0.25) is 23.6 Å². The van der Waals surface area contributed by atoms with Crippen LogP contribution in [0.3, 0.4) is 0 Å². The van der Waals surface area contributed by atoms with E-state index >= 15 is 0 Å². The molecule has 8 heteroatoms. The molecule has 2 aromatic carbocycles. The summed E-state index contributed by atoms with van der Waals surface area (Å²) in [5.41, 5.74) is 2.43. The number of anilines is 2. The zero-order valence-corrected chi connectivity index (χ0v) is 16.9. The molecule has 0 aromatic heterocycles. The van der Waals surface area contributed by atoms with Gasteiger partial charge in [0, 0.05) is 18.3 Å². The number of carbonyl (C=O) groups is 5. The average molecular weight is 417 g/mol. The van der Waals surface area contributed by atoms with Crippen molar-refractivity contribution in [3.05, 3.63) is 59.7 Å². The number of hydrogen-bond acceptors (Lipinski definition) is 5. The van der Waals surface area contributed by atoms with Crippen molar-refractivity contribution in [1.29, 1.82) is 0 Å². The molecule has 3 aliphatic rings. The average Bonchev–Trinajstić information content (AvgIpc) is 3.04. The second kappa shape index (κ2) is 6.60. The first-order valence-corrected chi connectivity index (χ1v) is 9.97. The minimum Gasteiger partial charge on any atom is -0.322 e. The van der Waals surface area contributed by atoms with Gasteiger partial charge in [-0.15, -0.1) is 0 Å². The summed E-state index contributed by atoms with van der Waals surface area (Å²) in [5.74, 6) is -5.00. The predicted molar refractivity (Wildman–Crippen MR) is 110 cm³/mol. The summed E-state index contributed by atoms with van der Waals surface area (Å²) >= 11 is 0. The zero-order valence-electron chi connectivity index (χ0n) is 16.9. The van der Waals surface area contributed by atoms with Crippen molar-refractivity contribution in [3.8, 4) is 0 Å². The van der Waals surface area contributed by atoms with Crippen molar-refractivity contribution in [2.45, 2.75) is 6.92 Å². The van der Waals surface area contributed by atoms with Gasteiger partial charge in [0.25, 0.3) is 5.91 Å². The van der Waals surface area contributed by atoms with E-state index in [1.807, 2.05) is 19.1 Å². The molecule has 1 N–H and O–H groups in total. The third kappa shape index (κ3) is 2.64. The number of imide groups is 2. The van der Waals surface area contributed by atoms with E-state index in [-0.39, 0.29) is 5.91 Å². The van der Waals surface area contributed by atoms with Gasteiger partial charge in [0.1, 0.15) is 0 Å². The van der Waals surface area contributed by atoms with Crippen LogP contribution >= 0.6 is 0 Å². The molecule has 2 heterocycles. The van der Waals surface area contributed by atoms with Gasteiger partial charge in [0.05, 0.1) is 29.4 Å². The number of rotatable bonds is 3. The molecule has 0 spiro atoms. The van der Waals surface area contributed by atoms with E-state index in [2.05, 4.69) is 5.32 Å². The van der Waals surface area contributed by atoms with Crippen LogP contribution in [-0.2, 0) is 19.2 Å². The number of benzene rings is 2. The second-order valence-corrected chi connectivity index (χ2v) is 8.22. The molecule has 0 radical (unpaired) electrons. The van der Waals surface area contributed by atoms with E-state index in [0.717, 1.165) is 15.4 Å². The summed E-state index contributed by atoms with van der Waals surface area (Å²) < 4.78 is 0. The molecule has 8 nitrogen and oxygen atoms in total. The molecule has 5 amide bonds. The van der Waals surface area contributed by atoms with Crippen LogP contribution in [0, 0.1) is 30.6 Å². The monoisotopic (exact) mass is 417 g/mol. The Bertz CT molecular complexity index is 1110. The highest BCUT2D eigenvalue weighted by molar-refractivity contribution is 6.27. The minimum absolute atomic E-state index is 0.270. The SMILES string of the molecule is Cc1ccc(C(=O)Nc2ccc(N3C(=O)C4C5C(=O)N(C)C(=O)C5C4C3=O)cc2)cc1. The molecular formula is C23H19N3O5. The van der Waals surface area contributed by atoms with Crippen LogP contribution in [0.1, 0.15) is 15.9 Å². The second-order valence-electron chi connectivity index (χ2n) is 8.22. The van der Waals surface area contributed by atoms with E-state index in [4.69, 9.17) is 0 Å². The molecular weight excluding hydrogens is 398 g/mol. The van der Waals surface area contributed by atoms with Crippen LogP contribution < -0.4 is 10.2 Å². The van der Waals surface area contributed by atoms with Gasteiger partial charge in [-0.3, -0.25) is 33.8 Å². The molecule has 1 saturated carbocycles. The first-order valence-electron chi connectivity index (χ1n) is 9.97. The Morgan fingerprint density at radius 2 is 1.23 bits per heavy atom. The van der Waals surface area contributed by atoms with E-state index in [9.17, 15) is 24.0 Å². The smallest absolute Gasteiger partial charge is 0.255 e. The summed E-state index contributed by atoms with van der Waals surface area (Å²) in [7, 11) is 1.38. The van der Waals surface area contributed by atoms with Crippen molar-refractivity contribution in [1.82, 2.24) is 4.90 Å². The maximum Gasteiger partial charge on any atom is 0.255 e. The fraction of sp³-hybridized carbons (Fsp3) is 0.261. The maximum absolute atomic E-state index is 12.9. The Balaban J connectivity index is 1.34. The number of nitrogens with zero attached hydrogens (tertiary/aromatic N) is 2. The van der Waals surface area contributed by atoms with Crippen LogP contribution in [0.5, 0.6) is 0 Å². The third-order valence-corrected chi connectivity index (χ3v) is 6.49. The number of hydrogen-bond donors (Lipinski definition) is 1. The highest BCUT2D eigenvalue weighted by Gasteiger charge is 2.73. The summed E-state index contributed by atoms with van der Waals surface area (Å²) in [6, 6.07) is 13.5.